The first-order valence-electron chi connectivity index (χ1n) is 8.88. The molecule has 124 valence electrons. The lowest BCUT2D eigenvalue weighted by atomic mass is 9.99. The lowest BCUT2D eigenvalue weighted by Gasteiger charge is -2.03. The molecule has 0 unspecified atom stereocenters. The van der Waals surface area contributed by atoms with Gasteiger partial charge < -0.3 is 4.42 Å². The topological polar surface area (TPSA) is 13.1 Å². The van der Waals surface area contributed by atoms with Crippen molar-refractivity contribution in [2.75, 3.05) is 0 Å². The van der Waals surface area contributed by atoms with Gasteiger partial charge in [0.05, 0.1) is 0 Å². The summed E-state index contributed by atoms with van der Waals surface area (Å²) in [6.45, 7) is 2.12. The maximum Gasteiger partial charge on any atom is 0.143 e. The van der Waals surface area contributed by atoms with E-state index in [4.69, 9.17) is 4.42 Å². The summed E-state index contributed by atoms with van der Waals surface area (Å²) in [7, 11) is 0. The molecular formula is C25H18O. The predicted octanol–water partition coefficient (Wildman–Crippen LogP) is 7.23. The Morgan fingerprint density at radius 3 is 1.77 bits per heavy atom. The second kappa shape index (κ2) is 5.89. The average molecular weight is 334 g/mol. The Bertz CT molecular complexity index is 1230. The normalized spacial score (nSPS) is 11.3. The minimum absolute atomic E-state index is 0.953. The summed E-state index contributed by atoms with van der Waals surface area (Å²) in [5, 5.41) is 2.33. The maximum atomic E-state index is 6.46. The van der Waals surface area contributed by atoms with Gasteiger partial charge in [0.1, 0.15) is 11.2 Å². The van der Waals surface area contributed by atoms with Crippen molar-refractivity contribution in [3.05, 3.63) is 96.6 Å². The molecule has 0 fully saturated rings. The molecule has 0 N–H and O–H groups in total. The van der Waals surface area contributed by atoms with Crippen LogP contribution in [0.4, 0.5) is 0 Å². The molecule has 5 rings (SSSR count). The molecule has 0 saturated carbocycles. The van der Waals surface area contributed by atoms with Crippen LogP contribution < -0.4 is 0 Å². The van der Waals surface area contributed by atoms with Gasteiger partial charge in [0.2, 0.25) is 0 Å². The average Bonchev–Trinajstić information content (AvgIpc) is 3.07. The van der Waals surface area contributed by atoms with Crippen LogP contribution in [0, 0.1) is 6.92 Å². The van der Waals surface area contributed by atoms with E-state index in [9.17, 15) is 0 Å². The Morgan fingerprint density at radius 2 is 1.12 bits per heavy atom. The molecule has 0 bridgehead atoms. The fourth-order valence-corrected chi connectivity index (χ4v) is 3.71. The maximum absolute atomic E-state index is 6.46. The number of hydrogen-bond donors (Lipinski definition) is 0. The highest BCUT2D eigenvalue weighted by Gasteiger charge is 2.15. The molecule has 0 atom stereocenters. The van der Waals surface area contributed by atoms with Gasteiger partial charge in [0.15, 0.2) is 0 Å². The molecule has 1 nitrogen and oxygen atoms in total. The second-order valence-electron chi connectivity index (χ2n) is 6.70. The molecule has 1 heteroatoms. The summed E-state index contributed by atoms with van der Waals surface area (Å²) >= 11 is 0. The van der Waals surface area contributed by atoms with Crippen LogP contribution in [0.25, 0.3) is 44.2 Å². The van der Waals surface area contributed by atoms with Gasteiger partial charge in [-0.05, 0) is 18.1 Å². The molecule has 0 saturated heterocycles. The molecule has 1 aromatic heterocycles. The predicted molar refractivity (Wildman–Crippen MR) is 109 cm³/mol. The molecule has 4 aromatic carbocycles. The highest BCUT2D eigenvalue weighted by molar-refractivity contribution is 6.12. The highest BCUT2D eigenvalue weighted by atomic mass is 16.3. The van der Waals surface area contributed by atoms with Crippen LogP contribution in [0.1, 0.15) is 5.56 Å². The standard InChI is InChI=1S/C25H18O/c1-17-8-5-11-19(16-17)21-13-7-15-23-22-14-6-12-20(24(22)26-25(21)23)18-9-3-2-4-10-18/h2-16H,1H3. The van der Waals surface area contributed by atoms with E-state index in [0.29, 0.717) is 0 Å². The Hall–Kier alpha value is -3.32. The van der Waals surface area contributed by atoms with E-state index >= 15 is 0 Å². The lowest BCUT2D eigenvalue weighted by Crippen LogP contribution is -1.80. The fraction of sp³-hybridized carbons (Fsp3) is 0.0400. The van der Waals surface area contributed by atoms with Crippen LogP contribution in [0.15, 0.2) is 95.4 Å². The van der Waals surface area contributed by atoms with E-state index < -0.39 is 0 Å². The molecule has 0 amide bonds. The first-order valence-corrected chi connectivity index (χ1v) is 8.88. The van der Waals surface area contributed by atoms with Gasteiger partial charge in [-0.15, -0.1) is 0 Å². The highest BCUT2D eigenvalue weighted by Crippen LogP contribution is 2.39. The van der Waals surface area contributed by atoms with Gasteiger partial charge in [-0.25, -0.2) is 0 Å². The van der Waals surface area contributed by atoms with Crippen molar-refractivity contribution >= 4 is 21.9 Å². The molecule has 1 heterocycles. The SMILES string of the molecule is Cc1cccc(-c2cccc3c2oc2c(-c4ccccc4)cccc23)c1. The van der Waals surface area contributed by atoms with Gasteiger partial charge >= 0.3 is 0 Å². The number of furan rings is 1. The van der Waals surface area contributed by atoms with Crippen LogP contribution in [-0.4, -0.2) is 0 Å². The zero-order valence-electron chi connectivity index (χ0n) is 14.6. The van der Waals surface area contributed by atoms with Crippen molar-refractivity contribution in [1.82, 2.24) is 0 Å². The van der Waals surface area contributed by atoms with Gasteiger partial charge in [-0.2, -0.15) is 0 Å². The van der Waals surface area contributed by atoms with E-state index in [2.05, 4.69) is 91.9 Å². The lowest BCUT2D eigenvalue weighted by molar-refractivity contribution is 0.671. The van der Waals surface area contributed by atoms with E-state index in [0.717, 1.165) is 33.1 Å². The number of benzene rings is 4. The third-order valence-electron chi connectivity index (χ3n) is 4.94. The molecule has 0 radical (unpaired) electrons. The number of hydrogen-bond acceptors (Lipinski definition) is 1. The molecular weight excluding hydrogens is 316 g/mol. The second-order valence-corrected chi connectivity index (χ2v) is 6.70. The molecule has 0 aliphatic heterocycles. The van der Waals surface area contributed by atoms with Crippen LogP contribution in [0.2, 0.25) is 0 Å². The van der Waals surface area contributed by atoms with Crippen molar-refractivity contribution in [3.8, 4) is 22.3 Å². The van der Waals surface area contributed by atoms with E-state index in [-0.39, 0.29) is 0 Å². The molecule has 0 aliphatic rings. The number of rotatable bonds is 2. The number of aryl methyl sites for hydroxylation is 1. The van der Waals surface area contributed by atoms with Crippen molar-refractivity contribution in [1.29, 1.82) is 0 Å². The van der Waals surface area contributed by atoms with Crippen LogP contribution >= 0.6 is 0 Å². The van der Waals surface area contributed by atoms with Crippen molar-refractivity contribution in [2.45, 2.75) is 6.92 Å². The van der Waals surface area contributed by atoms with Crippen molar-refractivity contribution in [2.24, 2.45) is 0 Å². The third kappa shape index (κ3) is 2.33. The summed E-state index contributed by atoms with van der Waals surface area (Å²) in [6.07, 6.45) is 0. The number of fused-ring (bicyclic) bond motifs is 3. The van der Waals surface area contributed by atoms with E-state index in [1.807, 2.05) is 6.07 Å². The minimum Gasteiger partial charge on any atom is -0.455 e. The summed E-state index contributed by atoms with van der Waals surface area (Å²) in [5.41, 5.74) is 7.80. The van der Waals surface area contributed by atoms with Crippen molar-refractivity contribution in [3.63, 3.8) is 0 Å². The third-order valence-corrected chi connectivity index (χ3v) is 4.94. The summed E-state index contributed by atoms with van der Waals surface area (Å²) in [6, 6.07) is 31.8. The largest absolute Gasteiger partial charge is 0.455 e. The van der Waals surface area contributed by atoms with Gasteiger partial charge in [0, 0.05) is 21.9 Å². The first kappa shape index (κ1) is 15.0. The summed E-state index contributed by atoms with van der Waals surface area (Å²) in [4.78, 5) is 0. The quantitative estimate of drug-likeness (QED) is 0.332. The van der Waals surface area contributed by atoms with E-state index in [1.165, 1.54) is 16.7 Å². The molecule has 26 heavy (non-hydrogen) atoms. The zero-order valence-corrected chi connectivity index (χ0v) is 14.6. The van der Waals surface area contributed by atoms with Crippen LogP contribution in [0.5, 0.6) is 0 Å². The summed E-state index contributed by atoms with van der Waals surface area (Å²) in [5.74, 6) is 0. The first-order chi connectivity index (χ1) is 12.8. The Kier molecular flexibility index (Phi) is 3.39. The molecule has 0 aliphatic carbocycles. The van der Waals surface area contributed by atoms with Crippen molar-refractivity contribution < 1.29 is 4.42 Å². The Labute approximate surface area is 152 Å². The number of para-hydroxylation sites is 2. The molecule has 5 aromatic rings. The Morgan fingerprint density at radius 1 is 0.538 bits per heavy atom. The van der Waals surface area contributed by atoms with Gasteiger partial charge in [-0.1, -0.05) is 96.6 Å². The summed E-state index contributed by atoms with van der Waals surface area (Å²) < 4.78 is 6.46. The van der Waals surface area contributed by atoms with Gasteiger partial charge in [-0.3, -0.25) is 0 Å². The minimum atomic E-state index is 0.953. The molecule has 0 spiro atoms. The fourth-order valence-electron chi connectivity index (χ4n) is 3.71. The van der Waals surface area contributed by atoms with Gasteiger partial charge in [0.25, 0.3) is 0 Å². The zero-order chi connectivity index (χ0) is 17.5. The monoisotopic (exact) mass is 334 g/mol. The van der Waals surface area contributed by atoms with Crippen LogP contribution in [-0.2, 0) is 0 Å². The Balaban J connectivity index is 1.84. The van der Waals surface area contributed by atoms with Crippen LogP contribution in [0.3, 0.4) is 0 Å². The smallest absolute Gasteiger partial charge is 0.143 e. The van der Waals surface area contributed by atoms with E-state index in [1.54, 1.807) is 0 Å².